The molecule has 1 aliphatic rings. The number of nitrogens with two attached hydrogens (primary N) is 1. The van der Waals surface area contributed by atoms with Gasteiger partial charge in [0, 0.05) is 19.1 Å². The molecule has 0 spiro atoms. The summed E-state index contributed by atoms with van der Waals surface area (Å²) in [6, 6.07) is 2.20. The zero-order valence-corrected chi connectivity index (χ0v) is 12.6. The first kappa shape index (κ1) is 15.0. The van der Waals surface area contributed by atoms with E-state index in [9.17, 15) is 4.79 Å². The molecule has 20 heavy (non-hydrogen) atoms. The molecule has 0 aromatic carbocycles. The molecule has 1 fully saturated rings. The normalized spacial score (nSPS) is 22.8. The highest BCUT2D eigenvalue weighted by Crippen LogP contribution is 2.22. The summed E-state index contributed by atoms with van der Waals surface area (Å²) in [5.41, 5.74) is 7.62. The number of rotatable bonds is 5. The summed E-state index contributed by atoms with van der Waals surface area (Å²) in [6.07, 6.45) is 5.33. The predicted molar refractivity (Wildman–Crippen MR) is 79.5 cm³/mol. The molecule has 2 atom stereocenters. The van der Waals surface area contributed by atoms with Gasteiger partial charge in [-0.3, -0.25) is 9.48 Å². The fourth-order valence-electron chi connectivity index (χ4n) is 2.91. The van der Waals surface area contributed by atoms with Gasteiger partial charge in [0.1, 0.15) is 5.69 Å². The molecule has 5 heteroatoms. The summed E-state index contributed by atoms with van der Waals surface area (Å²) in [4.78, 5) is 12.3. The summed E-state index contributed by atoms with van der Waals surface area (Å²) in [5.74, 6) is 0.504. The van der Waals surface area contributed by atoms with Crippen molar-refractivity contribution in [2.24, 2.45) is 11.7 Å². The highest BCUT2D eigenvalue weighted by Gasteiger charge is 2.21. The number of nitrogens with one attached hydrogen (secondary N) is 1. The maximum absolute atomic E-state index is 12.3. The lowest BCUT2D eigenvalue weighted by molar-refractivity contribution is 0.0931. The van der Waals surface area contributed by atoms with E-state index in [1.165, 1.54) is 12.8 Å². The van der Waals surface area contributed by atoms with Crippen LogP contribution in [0.25, 0.3) is 0 Å². The van der Waals surface area contributed by atoms with E-state index in [0.717, 1.165) is 38.0 Å². The molecule has 5 nitrogen and oxygen atoms in total. The highest BCUT2D eigenvalue weighted by atomic mass is 16.2. The average Bonchev–Trinajstić information content (AvgIpc) is 2.88. The van der Waals surface area contributed by atoms with Crippen molar-refractivity contribution in [1.29, 1.82) is 0 Å². The van der Waals surface area contributed by atoms with E-state index < -0.39 is 0 Å². The molecular weight excluding hydrogens is 252 g/mol. The van der Waals surface area contributed by atoms with Gasteiger partial charge >= 0.3 is 0 Å². The van der Waals surface area contributed by atoms with Gasteiger partial charge in [0.2, 0.25) is 0 Å². The van der Waals surface area contributed by atoms with Gasteiger partial charge in [-0.15, -0.1) is 0 Å². The molecule has 0 bridgehead atoms. The molecule has 2 rings (SSSR count). The molecule has 1 aromatic heterocycles. The molecule has 112 valence electrons. The molecule has 3 N–H and O–H groups in total. The third-order valence-electron chi connectivity index (χ3n) is 4.10. The largest absolute Gasteiger partial charge is 0.350 e. The lowest BCUT2D eigenvalue weighted by Crippen LogP contribution is -2.36. The summed E-state index contributed by atoms with van der Waals surface area (Å²) < 4.78 is 1.78. The van der Waals surface area contributed by atoms with Crippen molar-refractivity contribution in [3.8, 4) is 0 Å². The first-order valence-corrected chi connectivity index (χ1v) is 7.74. The molecule has 0 radical (unpaired) electrons. The van der Waals surface area contributed by atoms with Crippen LogP contribution in [-0.2, 0) is 13.0 Å². The summed E-state index contributed by atoms with van der Waals surface area (Å²) >= 11 is 0. The SMILES string of the molecule is CCc1cc(C(=O)NCC2CCCC(N)C2)n(CC)n1. The van der Waals surface area contributed by atoms with E-state index in [4.69, 9.17) is 5.73 Å². The summed E-state index contributed by atoms with van der Waals surface area (Å²) in [7, 11) is 0. The van der Waals surface area contributed by atoms with Gasteiger partial charge in [0.25, 0.3) is 5.91 Å². The van der Waals surface area contributed by atoms with Gasteiger partial charge in [-0.1, -0.05) is 13.3 Å². The zero-order valence-electron chi connectivity index (χ0n) is 12.6. The quantitative estimate of drug-likeness (QED) is 0.861. The van der Waals surface area contributed by atoms with Gasteiger partial charge in [-0.05, 0) is 44.6 Å². The Labute approximate surface area is 120 Å². The maximum atomic E-state index is 12.3. The second kappa shape index (κ2) is 6.88. The maximum Gasteiger partial charge on any atom is 0.269 e. The molecule has 1 amide bonds. The first-order chi connectivity index (χ1) is 9.63. The second-order valence-corrected chi connectivity index (χ2v) is 5.69. The molecule has 1 aromatic rings. The van der Waals surface area contributed by atoms with E-state index in [0.29, 0.717) is 17.7 Å². The summed E-state index contributed by atoms with van der Waals surface area (Å²) in [6.45, 7) is 5.50. The van der Waals surface area contributed by atoms with Crippen LogP contribution in [0.4, 0.5) is 0 Å². The Bertz CT molecular complexity index is 455. The van der Waals surface area contributed by atoms with Crippen molar-refractivity contribution in [2.45, 2.75) is 58.5 Å². The Morgan fingerprint density at radius 2 is 2.30 bits per heavy atom. The minimum atomic E-state index is -0.0156. The second-order valence-electron chi connectivity index (χ2n) is 5.69. The van der Waals surface area contributed by atoms with Crippen LogP contribution in [0.1, 0.15) is 55.7 Å². The Balaban J connectivity index is 1.92. The van der Waals surface area contributed by atoms with Crippen molar-refractivity contribution < 1.29 is 4.79 Å². The van der Waals surface area contributed by atoms with Crippen LogP contribution in [-0.4, -0.2) is 28.3 Å². The van der Waals surface area contributed by atoms with Crippen LogP contribution in [0.15, 0.2) is 6.07 Å². The molecule has 1 heterocycles. The number of nitrogens with zero attached hydrogens (tertiary/aromatic N) is 2. The van der Waals surface area contributed by atoms with Crippen LogP contribution in [0, 0.1) is 5.92 Å². The number of aryl methyl sites for hydroxylation is 2. The fraction of sp³-hybridized carbons (Fsp3) is 0.733. The van der Waals surface area contributed by atoms with E-state index >= 15 is 0 Å². The highest BCUT2D eigenvalue weighted by molar-refractivity contribution is 5.92. The van der Waals surface area contributed by atoms with Crippen LogP contribution in [0.3, 0.4) is 0 Å². The number of hydrogen-bond acceptors (Lipinski definition) is 3. The molecule has 2 unspecified atom stereocenters. The lowest BCUT2D eigenvalue weighted by Gasteiger charge is -2.26. The number of hydrogen-bond donors (Lipinski definition) is 2. The Hall–Kier alpha value is -1.36. The molecular formula is C15H26N4O. The van der Waals surface area contributed by atoms with Gasteiger partial charge in [0.15, 0.2) is 0 Å². The van der Waals surface area contributed by atoms with Gasteiger partial charge in [0.05, 0.1) is 5.69 Å². The van der Waals surface area contributed by atoms with Gasteiger partial charge in [-0.2, -0.15) is 5.10 Å². The third kappa shape index (κ3) is 3.60. The molecule has 1 saturated carbocycles. The van der Waals surface area contributed by atoms with Crippen LogP contribution >= 0.6 is 0 Å². The monoisotopic (exact) mass is 278 g/mol. The first-order valence-electron chi connectivity index (χ1n) is 7.74. The fourth-order valence-corrected chi connectivity index (χ4v) is 2.91. The predicted octanol–water partition coefficient (Wildman–Crippen LogP) is 1.71. The Morgan fingerprint density at radius 1 is 1.50 bits per heavy atom. The van der Waals surface area contributed by atoms with Crippen LogP contribution in [0.5, 0.6) is 0 Å². The molecule has 1 aliphatic carbocycles. The number of carbonyl (C=O) groups is 1. The van der Waals surface area contributed by atoms with Crippen molar-refractivity contribution in [3.05, 3.63) is 17.5 Å². The number of carbonyl (C=O) groups excluding carboxylic acids is 1. The van der Waals surface area contributed by atoms with E-state index in [-0.39, 0.29) is 5.91 Å². The van der Waals surface area contributed by atoms with Crippen LogP contribution in [0.2, 0.25) is 0 Å². The average molecular weight is 278 g/mol. The van der Waals surface area contributed by atoms with E-state index in [2.05, 4.69) is 10.4 Å². The minimum absolute atomic E-state index is 0.0156. The third-order valence-corrected chi connectivity index (χ3v) is 4.10. The standard InChI is InChI=1S/C15H26N4O/c1-3-13-9-14(19(4-2)18-13)15(20)17-10-11-6-5-7-12(16)8-11/h9,11-12H,3-8,10,16H2,1-2H3,(H,17,20). The van der Waals surface area contributed by atoms with E-state index in [1.54, 1.807) is 4.68 Å². The van der Waals surface area contributed by atoms with Crippen molar-refractivity contribution in [3.63, 3.8) is 0 Å². The van der Waals surface area contributed by atoms with E-state index in [1.807, 2.05) is 19.9 Å². The molecule has 0 saturated heterocycles. The zero-order chi connectivity index (χ0) is 14.5. The summed E-state index contributed by atoms with van der Waals surface area (Å²) in [5, 5.41) is 7.46. The lowest BCUT2D eigenvalue weighted by atomic mass is 9.86. The van der Waals surface area contributed by atoms with Gasteiger partial charge in [-0.25, -0.2) is 0 Å². The van der Waals surface area contributed by atoms with Crippen molar-refractivity contribution >= 4 is 5.91 Å². The minimum Gasteiger partial charge on any atom is -0.350 e. The van der Waals surface area contributed by atoms with Gasteiger partial charge < -0.3 is 11.1 Å². The molecule has 0 aliphatic heterocycles. The smallest absolute Gasteiger partial charge is 0.269 e. The van der Waals surface area contributed by atoms with Crippen LogP contribution < -0.4 is 11.1 Å². The topological polar surface area (TPSA) is 72.9 Å². The number of aromatic nitrogens is 2. The Kier molecular flexibility index (Phi) is 5.17. The Morgan fingerprint density at radius 3 is 2.95 bits per heavy atom. The van der Waals surface area contributed by atoms with Crippen molar-refractivity contribution in [2.75, 3.05) is 6.54 Å². The number of amides is 1. The van der Waals surface area contributed by atoms with Crippen molar-refractivity contribution in [1.82, 2.24) is 15.1 Å².